The first kappa shape index (κ1) is 16.1. The Kier molecular flexibility index (Phi) is 4.44. The number of carbonyl (C=O) groups is 1. The number of aryl methyl sites for hydroxylation is 1. The van der Waals surface area contributed by atoms with Gasteiger partial charge < -0.3 is 9.30 Å². The Labute approximate surface area is 138 Å². The van der Waals surface area contributed by atoms with E-state index in [2.05, 4.69) is 16.4 Å². The Balaban J connectivity index is 1.97. The fraction of sp³-hybridized carbons (Fsp3) is 0.526. The molecular weight excluding hydrogens is 288 g/mol. The summed E-state index contributed by atoms with van der Waals surface area (Å²) in [5.41, 5.74) is 2.96. The van der Waals surface area contributed by atoms with Gasteiger partial charge in [-0.15, -0.1) is 0 Å². The lowest BCUT2D eigenvalue weighted by Gasteiger charge is -2.32. The average molecular weight is 314 g/mol. The molecule has 1 atom stereocenters. The summed E-state index contributed by atoms with van der Waals surface area (Å²) in [5.74, 6) is 1.01. The third-order valence-corrected chi connectivity index (χ3v) is 5.27. The van der Waals surface area contributed by atoms with E-state index in [0.717, 1.165) is 34.5 Å². The van der Waals surface area contributed by atoms with E-state index in [1.807, 2.05) is 32.2 Å². The Morgan fingerprint density at radius 1 is 1.35 bits per heavy atom. The number of ketones is 1. The highest BCUT2D eigenvalue weighted by molar-refractivity contribution is 6.10. The number of Topliss-reactive ketones (excluding diaryl/α,β-unsaturated/α-hetero) is 1. The van der Waals surface area contributed by atoms with Crippen LogP contribution in [0.3, 0.4) is 0 Å². The monoisotopic (exact) mass is 314 g/mol. The topological polar surface area (TPSA) is 34.5 Å². The molecule has 1 aromatic carbocycles. The lowest BCUT2D eigenvalue weighted by atomic mass is 10.0. The van der Waals surface area contributed by atoms with Crippen molar-refractivity contribution in [3.63, 3.8) is 0 Å². The molecule has 0 radical (unpaired) electrons. The van der Waals surface area contributed by atoms with Gasteiger partial charge >= 0.3 is 0 Å². The van der Waals surface area contributed by atoms with Crippen LogP contribution in [0.25, 0.3) is 10.9 Å². The van der Waals surface area contributed by atoms with Crippen LogP contribution >= 0.6 is 0 Å². The lowest BCUT2D eigenvalue weighted by Crippen LogP contribution is -2.40. The normalized spacial score (nSPS) is 19.2. The number of ether oxygens (including phenoxy) is 1. The number of likely N-dealkylation sites (tertiary alicyclic amines) is 1. The summed E-state index contributed by atoms with van der Waals surface area (Å²) < 4.78 is 7.44. The smallest absolute Gasteiger partial charge is 0.179 e. The molecule has 124 valence electrons. The van der Waals surface area contributed by atoms with Crippen LogP contribution in [0.4, 0.5) is 0 Å². The van der Waals surface area contributed by atoms with Gasteiger partial charge in [-0.2, -0.15) is 0 Å². The molecule has 2 aromatic rings. The third-order valence-electron chi connectivity index (χ3n) is 5.27. The van der Waals surface area contributed by atoms with Gasteiger partial charge in [0.1, 0.15) is 5.75 Å². The predicted octanol–water partition coefficient (Wildman–Crippen LogP) is 3.55. The summed E-state index contributed by atoms with van der Waals surface area (Å²) >= 11 is 0. The number of hydrogen-bond acceptors (Lipinski definition) is 3. The molecule has 0 aliphatic carbocycles. The maximum atomic E-state index is 13.0. The zero-order valence-corrected chi connectivity index (χ0v) is 14.6. The Morgan fingerprint density at radius 3 is 2.83 bits per heavy atom. The molecule has 4 nitrogen and oxygen atoms in total. The summed E-state index contributed by atoms with van der Waals surface area (Å²) in [6, 6.07) is 6.46. The number of rotatable bonds is 4. The first-order valence-electron chi connectivity index (χ1n) is 8.43. The van der Waals surface area contributed by atoms with Gasteiger partial charge in [-0.1, -0.05) is 6.42 Å². The Morgan fingerprint density at radius 2 is 2.13 bits per heavy atom. The maximum Gasteiger partial charge on any atom is 0.179 e. The number of benzene rings is 1. The number of methoxy groups -OCH3 is 1. The van der Waals surface area contributed by atoms with Gasteiger partial charge in [0.2, 0.25) is 0 Å². The van der Waals surface area contributed by atoms with Gasteiger partial charge in [-0.05, 0) is 51.4 Å². The largest absolute Gasteiger partial charge is 0.497 e. The molecule has 0 N–H and O–H groups in total. The van der Waals surface area contributed by atoms with Crippen molar-refractivity contribution in [1.29, 1.82) is 0 Å². The van der Waals surface area contributed by atoms with E-state index in [0.29, 0.717) is 12.6 Å². The number of hydrogen-bond donors (Lipinski definition) is 0. The second-order valence-electron chi connectivity index (χ2n) is 6.64. The number of aromatic nitrogens is 1. The number of carbonyl (C=O) groups excluding carboxylic acids is 1. The molecule has 0 spiro atoms. The van der Waals surface area contributed by atoms with Crippen molar-refractivity contribution in [1.82, 2.24) is 9.47 Å². The van der Waals surface area contributed by atoms with Gasteiger partial charge in [0.15, 0.2) is 5.78 Å². The van der Waals surface area contributed by atoms with E-state index in [-0.39, 0.29) is 5.78 Å². The van der Waals surface area contributed by atoms with Gasteiger partial charge in [-0.3, -0.25) is 9.69 Å². The van der Waals surface area contributed by atoms with Gasteiger partial charge in [0.25, 0.3) is 0 Å². The van der Waals surface area contributed by atoms with Crippen LogP contribution < -0.4 is 4.74 Å². The summed E-state index contributed by atoms with van der Waals surface area (Å²) in [6.07, 6.45) is 3.66. The minimum absolute atomic E-state index is 0.218. The fourth-order valence-corrected chi connectivity index (χ4v) is 3.69. The fourth-order valence-electron chi connectivity index (χ4n) is 3.69. The van der Waals surface area contributed by atoms with Crippen LogP contribution in [-0.4, -0.2) is 41.5 Å². The van der Waals surface area contributed by atoms with E-state index in [4.69, 9.17) is 4.74 Å². The number of fused-ring (bicyclic) bond motifs is 1. The standard InChI is InChI=1S/C19H26N2O2/c1-13-7-5-6-10-21(13)12-18(22)19-14(2)20(3)17-9-8-15(23-4)11-16(17)19/h8-9,11,13H,5-7,10,12H2,1-4H3/t13-/m0/s1. The maximum absolute atomic E-state index is 13.0. The molecule has 0 saturated carbocycles. The first-order chi connectivity index (χ1) is 11.0. The van der Waals surface area contributed by atoms with Crippen LogP contribution in [0.1, 0.15) is 42.2 Å². The van der Waals surface area contributed by atoms with Crippen LogP contribution in [-0.2, 0) is 7.05 Å². The highest BCUT2D eigenvalue weighted by Crippen LogP contribution is 2.29. The molecule has 23 heavy (non-hydrogen) atoms. The highest BCUT2D eigenvalue weighted by atomic mass is 16.5. The van der Waals surface area contributed by atoms with Crippen LogP contribution in [0.5, 0.6) is 5.75 Å². The molecule has 4 heteroatoms. The lowest BCUT2D eigenvalue weighted by molar-refractivity contribution is 0.0861. The van der Waals surface area contributed by atoms with Gasteiger partial charge in [-0.25, -0.2) is 0 Å². The predicted molar refractivity (Wildman–Crippen MR) is 93.4 cm³/mol. The van der Waals surface area contributed by atoms with Crippen LogP contribution in [0, 0.1) is 6.92 Å². The Hall–Kier alpha value is -1.81. The number of nitrogens with zero attached hydrogens (tertiary/aromatic N) is 2. The molecule has 2 heterocycles. The summed E-state index contributed by atoms with van der Waals surface area (Å²) in [7, 11) is 3.68. The van der Waals surface area contributed by atoms with Crippen molar-refractivity contribution in [2.75, 3.05) is 20.2 Å². The average Bonchev–Trinajstić information content (AvgIpc) is 2.80. The molecule has 1 aliphatic rings. The van der Waals surface area contributed by atoms with Gasteiger partial charge in [0.05, 0.1) is 13.7 Å². The highest BCUT2D eigenvalue weighted by Gasteiger charge is 2.24. The first-order valence-corrected chi connectivity index (χ1v) is 8.43. The second-order valence-corrected chi connectivity index (χ2v) is 6.64. The molecule has 0 bridgehead atoms. The second kappa shape index (κ2) is 6.36. The van der Waals surface area contributed by atoms with E-state index in [9.17, 15) is 4.79 Å². The minimum atomic E-state index is 0.218. The summed E-state index contributed by atoms with van der Waals surface area (Å²) in [4.78, 5) is 15.3. The summed E-state index contributed by atoms with van der Waals surface area (Å²) in [5, 5.41) is 0.999. The molecule has 1 fully saturated rings. The van der Waals surface area contributed by atoms with E-state index >= 15 is 0 Å². The van der Waals surface area contributed by atoms with Crippen molar-refractivity contribution in [2.45, 2.75) is 39.2 Å². The van der Waals surface area contributed by atoms with Crippen molar-refractivity contribution < 1.29 is 9.53 Å². The minimum Gasteiger partial charge on any atom is -0.497 e. The molecule has 1 aromatic heterocycles. The molecular formula is C19H26N2O2. The van der Waals surface area contributed by atoms with Crippen LogP contribution in [0.15, 0.2) is 18.2 Å². The van der Waals surface area contributed by atoms with Gasteiger partial charge in [0, 0.05) is 35.2 Å². The van der Waals surface area contributed by atoms with E-state index in [1.54, 1.807) is 7.11 Å². The van der Waals surface area contributed by atoms with Crippen molar-refractivity contribution >= 4 is 16.7 Å². The third kappa shape index (κ3) is 2.88. The summed E-state index contributed by atoms with van der Waals surface area (Å²) in [6.45, 7) is 5.79. The zero-order valence-electron chi connectivity index (χ0n) is 14.6. The van der Waals surface area contributed by atoms with E-state index in [1.165, 1.54) is 19.3 Å². The quantitative estimate of drug-likeness (QED) is 0.809. The molecule has 0 unspecified atom stereocenters. The molecule has 1 aliphatic heterocycles. The molecule has 3 rings (SSSR count). The SMILES string of the molecule is COc1ccc2c(c1)c(C(=O)CN1CCCC[C@@H]1C)c(C)n2C. The molecule has 0 amide bonds. The van der Waals surface area contributed by atoms with E-state index < -0.39 is 0 Å². The Bertz CT molecular complexity index is 733. The van der Waals surface area contributed by atoms with Crippen molar-refractivity contribution in [3.8, 4) is 5.75 Å². The molecule has 1 saturated heterocycles. The number of piperidine rings is 1. The van der Waals surface area contributed by atoms with Crippen molar-refractivity contribution in [3.05, 3.63) is 29.5 Å². The van der Waals surface area contributed by atoms with Crippen molar-refractivity contribution in [2.24, 2.45) is 7.05 Å². The van der Waals surface area contributed by atoms with Crippen LogP contribution in [0.2, 0.25) is 0 Å². The zero-order chi connectivity index (χ0) is 16.6.